The van der Waals surface area contributed by atoms with Gasteiger partial charge in [-0.1, -0.05) is 64.5 Å². The number of esters is 1. The number of benzene rings is 2. The minimum Gasteiger partial charge on any atom is -0.464 e. The van der Waals surface area contributed by atoms with Gasteiger partial charge in [0.05, 0.1) is 24.3 Å². The third-order valence-electron chi connectivity index (χ3n) is 3.60. The fraction of sp³-hybridized carbons (Fsp3) is 0.200. The summed E-state index contributed by atoms with van der Waals surface area (Å²) in [5.41, 5.74) is 1.46. The summed E-state index contributed by atoms with van der Waals surface area (Å²) in [5.74, 6) is -1.06. The van der Waals surface area contributed by atoms with E-state index in [-0.39, 0.29) is 5.70 Å². The Kier molecular flexibility index (Phi) is 7.56. The van der Waals surface area contributed by atoms with E-state index in [4.69, 9.17) is 9.47 Å². The number of hydrogen-bond donors (Lipinski definition) is 1. The molecule has 2 aromatic rings. The second-order valence-electron chi connectivity index (χ2n) is 5.47. The molecule has 0 saturated heterocycles. The van der Waals surface area contributed by atoms with Crippen LogP contribution in [0.1, 0.15) is 22.8 Å². The average molecular weight is 418 g/mol. The Morgan fingerprint density at radius 3 is 2.19 bits per heavy atom. The van der Waals surface area contributed by atoms with Gasteiger partial charge in [0.1, 0.15) is 5.70 Å². The molecule has 0 aliphatic carbocycles. The summed E-state index contributed by atoms with van der Waals surface area (Å²) in [7, 11) is 1.26. The van der Waals surface area contributed by atoms with E-state index in [1.165, 1.54) is 7.11 Å². The summed E-state index contributed by atoms with van der Waals surface area (Å²) < 4.78 is 11.0. The van der Waals surface area contributed by atoms with Crippen molar-refractivity contribution >= 4 is 27.8 Å². The summed E-state index contributed by atoms with van der Waals surface area (Å²) in [6.07, 6.45) is -0.458. The number of ether oxygens (including phenoxy) is 2. The fourth-order valence-corrected chi connectivity index (χ4v) is 2.55. The smallest absolute Gasteiger partial charge is 0.355 e. The molecule has 6 heteroatoms. The molecule has 136 valence electrons. The molecule has 0 radical (unpaired) electrons. The van der Waals surface area contributed by atoms with Crippen LogP contribution in [0.4, 0.5) is 0 Å². The molecule has 2 rings (SSSR count). The quantitative estimate of drug-likeness (QED) is 0.549. The van der Waals surface area contributed by atoms with Crippen LogP contribution in [-0.4, -0.2) is 25.1 Å². The Balaban J connectivity index is 2.14. The molecule has 5 nitrogen and oxygen atoms in total. The number of halogens is 1. The number of nitrogens with one attached hydrogen (secondary N) is 1. The third-order valence-corrected chi connectivity index (χ3v) is 4.64. The number of amides is 1. The fourth-order valence-electron chi connectivity index (χ4n) is 2.16. The van der Waals surface area contributed by atoms with Crippen LogP contribution < -0.4 is 5.32 Å². The van der Waals surface area contributed by atoms with E-state index in [2.05, 4.69) is 21.2 Å². The molecular weight excluding hydrogens is 398 g/mol. The first kappa shape index (κ1) is 19.9. The molecule has 2 aromatic carbocycles. The molecule has 0 heterocycles. The van der Waals surface area contributed by atoms with Crippen molar-refractivity contribution in [1.82, 2.24) is 5.32 Å². The summed E-state index contributed by atoms with van der Waals surface area (Å²) in [5, 5.41) is 2.60. The van der Waals surface area contributed by atoms with Crippen molar-refractivity contribution in [2.24, 2.45) is 0 Å². The molecule has 1 amide bonds. The molecule has 26 heavy (non-hydrogen) atoms. The summed E-state index contributed by atoms with van der Waals surface area (Å²) in [6.45, 7) is 2.16. The van der Waals surface area contributed by atoms with Gasteiger partial charge in [-0.15, -0.1) is 0 Å². The molecule has 0 unspecified atom stereocenters. The van der Waals surface area contributed by atoms with Crippen molar-refractivity contribution in [1.29, 1.82) is 0 Å². The van der Waals surface area contributed by atoms with Gasteiger partial charge in [0.2, 0.25) is 0 Å². The lowest BCUT2D eigenvalue weighted by atomic mass is 10.2. The molecule has 0 fully saturated rings. The Morgan fingerprint density at radius 2 is 1.62 bits per heavy atom. The van der Waals surface area contributed by atoms with Gasteiger partial charge in [0.15, 0.2) is 0 Å². The minimum absolute atomic E-state index is 0.0157. The number of carbonyl (C=O) groups is 2. The van der Waals surface area contributed by atoms with Crippen LogP contribution in [0.15, 0.2) is 70.8 Å². The van der Waals surface area contributed by atoms with Gasteiger partial charge in [0.25, 0.3) is 5.91 Å². The third kappa shape index (κ3) is 5.54. The van der Waals surface area contributed by atoms with E-state index in [1.807, 2.05) is 36.4 Å². The highest BCUT2D eigenvalue weighted by Gasteiger charge is 2.22. The van der Waals surface area contributed by atoms with Crippen molar-refractivity contribution in [2.45, 2.75) is 19.6 Å². The zero-order valence-electron chi connectivity index (χ0n) is 14.6. The predicted molar refractivity (Wildman–Crippen MR) is 103 cm³/mol. The van der Waals surface area contributed by atoms with Crippen molar-refractivity contribution in [3.63, 3.8) is 0 Å². The first-order valence-corrected chi connectivity index (χ1v) is 8.82. The Hall–Kier alpha value is -2.44. The second kappa shape index (κ2) is 9.89. The number of carbonyl (C=O) groups excluding carboxylic acids is 2. The predicted octanol–water partition coefficient (Wildman–Crippen LogP) is 3.80. The molecule has 0 bridgehead atoms. The Labute approximate surface area is 161 Å². The van der Waals surface area contributed by atoms with Crippen molar-refractivity contribution < 1.29 is 19.1 Å². The Bertz CT molecular complexity index is 775. The van der Waals surface area contributed by atoms with Gasteiger partial charge in [-0.2, -0.15) is 0 Å². The van der Waals surface area contributed by atoms with E-state index in [9.17, 15) is 9.59 Å². The number of methoxy groups -OCH3 is 1. The molecule has 0 aliphatic heterocycles. The van der Waals surface area contributed by atoms with Gasteiger partial charge in [-0.25, -0.2) is 4.79 Å². The largest absolute Gasteiger partial charge is 0.464 e. The van der Waals surface area contributed by atoms with Crippen LogP contribution in [-0.2, 0) is 20.9 Å². The van der Waals surface area contributed by atoms with Crippen LogP contribution in [0.2, 0.25) is 0 Å². The number of hydrogen-bond acceptors (Lipinski definition) is 4. The zero-order valence-corrected chi connectivity index (χ0v) is 16.2. The van der Waals surface area contributed by atoms with Crippen molar-refractivity contribution in [3.8, 4) is 0 Å². The second-order valence-corrected chi connectivity index (χ2v) is 6.33. The maximum Gasteiger partial charge on any atom is 0.355 e. The first-order valence-electron chi connectivity index (χ1n) is 8.02. The van der Waals surface area contributed by atoms with Crippen LogP contribution >= 0.6 is 15.9 Å². The normalized spacial score (nSPS) is 12.7. The maximum absolute atomic E-state index is 12.4. The number of rotatable bonds is 7. The lowest BCUT2D eigenvalue weighted by Gasteiger charge is -2.17. The highest BCUT2D eigenvalue weighted by atomic mass is 79.9. The van der Waals surface area contributed by atoms with Gasteiger partial charge in [-0.3, -0.25) is 4.79 Å². The molecule has 1 N–H and O–H groups in total. The van der Waals surface area contributed by atoms with Crippen LogP contribution in [0.3, 0.4) is 0 Å². The average Bonchev–Trinajstić information content (AvgIpc) is 2.70. The zero-order chi connectivity index (χ0) is 18.9. The summed E-state index contributed by atoms with van der Waals surface area (Å²) in [6, 6.07) is 18.3. The standard InChI is InChI=1S/C20H20BrNO4/c1-14(26-13-15-9-5-3-6-10-15)17(21)18(20(24)25-2)22-19(23)16-11-7-4-8-12-16/h3-12,14H,13H2,1-2H3,(H,22,23)/b18-17+/t14-/m0/s1. The molecule has 0 aromatic heterocycles. The lowest BCUT2D eigenvalue weighted by molar-refractivity contribution is -0.136. The van der Waals surface area contributed by atoms with Gasteiger partial charge in [-0.05, 0) is 24.6 Å². The van der Waals surface area contributed by atoms with E-state index in [1.54, 1.807) is 31.2 Å². The molecular formula is C20H20BrNO4. The van der Waals surface area contributed by atoms with E-state index in [0.717, 1.165) is 5.56 Å². The van der Waals surface area contributed by atoms with Crippen LogP contribution in [0, 0.1) is 0 Å². The van der Waals surface area contributed by atoms with Gasteiger partial charge >= 0.3 is 5.97 Å². The topological polar surface area (TPSA) is 64.6 Å². The maximum atomic E-state index is 12.4. The van der Waals surface area contributed by atoms with Crippen LogP contribution in [0.5, 0.6) is 0 Å². The molecule has 0 saturated carbocycles. The first-order chi connectivity index (χ1) is 12.5. The minimum atomic E-state index is -0.656. The van der Waals surface area contributed by atoms with Crippen LogP contribution in [0.25, 0.3) is 0 Å². The Morgan fingerprint density at radius 1 is 1.04 bits per heavy atom. The molecule has 0 aliphatic rings. The molecule has 1 atom stereocenters. The summed E-state index contributed by atoms with van der Waals surface area (Å²) in [4.78, 5) is 24.5. The highest BCUT2D eigenvalue weighted by Crippen LogP contribution is 2.20. The van der Waals surface area contributed by atoms with E-state index in [0.29, 0.717) is 16.7 Å². The lowest BCUT2D eigenvalue weighted by Crippen LogP contribution is -2.30. The van der Waals surface area contributed by atoms with E-state index < -0.39 is 18.0 Å². The highest BCUT2D eigenvalue weighted by molar-refractivity contribution is 9.11. The van der Waals surface area contributed by atoms with E-state index >= 15 is 0 Å². The SMILES string of the molecule is COC(=O)/C(NC(=O)c1ccccc1)=C(\Br)[C@H](C)OCc1ccccc1. The van der Waals surface area contributed by atoms with Crippen molar-refractivity contribution in [2.75, 3.05) is 7.11 Å². The van der Waals surface area contributed by atoms with Crippen molar-refractivity contribution in [3.05, 3.63) is 82.0 Å². The van der Waals surface area contributed by atoms with Gasteiger partial charge in [0, 0.05) is 5.56 Å². The monoisotopic (exact) mass is 417 g/mol. The van der Waals surface area contributed by atoms with Gasteiger partial charge < -0.3 is 14.8 Å². The summed E-state index contributed by atoms with van der Waals surface area (Å²) >= 11 is 3.36. The molecule has 0 spiro atoms.